The number of carboxylic acid groups (broad SMARTS) is 1. The first kappa shape index (κ1) is 12.2. The van der Waals surface area contributed by atoms with Gasteiger partial charge in [-0.15, -0.1) is 0 Å². The number of aromatic carboxylic acids is 1. The summed E-state index contributed by atoms with van der Waals surface area (Å²) in [4.78, 5) is 23.8. The number of carbonyl (C=O) groups is 2. The van der Waals surface area contributed by atoms with E-state index in [0.717, 1.165) is 0 Å². The first-order valence-corrected chi connectivity index (χ1v) is 5.96. The van der Waals surface area contributed by atoms with E-state index in [1.807, 2.05) is 4.97 Å². The third kappa shape index (κ3) is 3.09. The van der Waals surface area contributed by atoms with Gasteiger partial charge in [0.1, 0.15) is 0 Å². The van der Waals surface area contributed by atoms with Gasteiger partial charge in [0.2, 0.25) is 0 Å². The SMILES string of the molecule is CC(=O)Nc1ccc([Se]C#N)cc1C(=O)O. The van der Waals surface area contributed by atoms with E-state index in [2.05, 4.69) is 5.32 Å². The predicted octanol–water partition coefficient (Wildman–Crippen LogP) is 0.154. The molecule has 82 valence electrons. The minimum absolute atomic E-state index is 0.00447. The number of nitrogens with zero attached hydrogens (tertiary/aromatic N) is 1. The second-order valence-corrected chi connectivity index (χ2v) is 4.69. The van der Waals surface area contributed by atoms with Crippen LogP contribution < -0.4 is 9.78 Å². The van der Waals surface area contributed by atoms with E-state index in [4.69, 9.17) is 10.4 Å². The summed E-state index contributed by atoms with van der Waals surface area (Å²) in [6.07, 6.45) is 0. The van der Waals surface area contributed by atoms with Crippen molar-refractivity contribution in [2.75, 3.05) is 5.32 Å². The summed E-state index contributed by atoms with van der Waals surface area (Å²) < 4.78 is 0.668. The Hall–Kier alpha value is -1.83. The average molecular weight is 283 g/mol. The zero-order valence-electron chi connectivity index (χ0n) is 8.35. The van der Waals surface area contributed by atoms with E-state index in [1.54, 1.807) is 6.07 Å². The van der Waals surface area contributed by atoms with Crippen molar-refractivity contribution in [3.8, 4) is 4.97 Å². The minimum atomic E-state index is -1.13. The molecule has 0 bridgehead atoms. The summed E-state index contributed by atoms with van der Waals surface area (Å²) in [6.45, 7) is 1.30. The zero-order chi connectivity index (χ0) is 12.1. The molecule has 0 atom stereocenters. The molecule has 0 saturated carbocycles. The van der Waals surface area contributed by atoms with Gasteiger partial charge in [-0.2, -0.15) is 0 Å². The van der Waals surface area contributed by atoms with E-state index in [0.29, 0.717) is 4.46 Å². The van der Waals surface area contributed by atoms with Gasteiger partial charge in [-0.05, 0) is 0 Å². The summed E-state index contributed by atoms with van der Waals surface area (Å²) in [5.41, 5.74) is 0.252. The third-order valence-electron chi connectivity index (χ3n) is 1.70. The molecule has 0 radical (unpaired) electrons. The Labute approximate surface area is 98.2 Å². The maximum atomic E-state index is 10.9. The molecule has 2 N–H and O–H groups in total. The van der Waals surface area contributed by atoms with Crippen molar-refractivity contribution in [3.05, 3.63) is 23.8 Å². The molecular formula is C10H8N2O3Se. The number of carbonyl (C=O) groups excluding carboxylic acids is 1. The van der Waals surface area contributed by atoms with Gasteiger partial charge in [0.15, 0.2) is 0 Å². The van der Waals surface area contributed by atoms with Crippen LogP contribution in [-0.2, 0) is 4.79 Å². The molecule has 5 nitrogen and oxygen atoms in total. The average Bonchev–Trinajstić information content (AvgIpc) is 2.19. The summed E-state index contributed by atoms with van der Waals surface area (Å²) in [5.74, 6) is -1.46. The van der Waals surface area contributed by atoms with Gasteiger partial charge >= 0.3 is 97.9 Å². The van der Waals surface area contributed by atoms with Gasteiger partial charge in [0.05, 0.1) is 0 Å². The monoisotopic (exact) mass is 284 g/mol. The summed E-state index contributed by atoms with van der Waals surface area (Å²) >= 11 is -0.404. The Bertz CT molecular complexity index is 479. The number of nitriles is 1. The molecule has 0 unspecified atom stereocenters. The Morgan fingerprint density at radius 1 is 1.50 bits per heavy atom. The van der Waals surface area contributed by atoms with Crippen molar-refractivity contribution in [2.45, 2.75) is 6.92 Å². The number of nitrogens with one attached hydrogen (secondary N) is 1. The van der Waals surface area contributed by atoms with Crippen molar-refractivity contribution in [1.82, 2.24) is 0 Å². The summed E-state index contributed by atoms with van der Waals surface area (Å²) in [6, 6.07) is 4.55. The van der Waals surface area contributed by atoms with E-state index in [9.17, 15) is 9.59 Å². The summed E-state index contributed by atoms with van der Waals surface area (Å²) in [7, 11) is 0. The van der Waals surface area contributed by atoms with Gasteiger partial charge in [-0.1, -0.05) is 0 Å². The first-order valence-electron chi connectivity index (χ1n) is 4.25. The molecule has 1 aromatic rings. The maximum absolute atomic E-state index is 10.9. The molecule has 0 spiro atoms. The normalized spacial score (nSPS) is 9.25. The van der Waals surface area contributed by atoms with Gasteiger partial charge in [0, 0.05) is 0 Å². The van der Waals surface area contributed by atoms with Crippen molar-refractivity contribution in [1.29, 1.82) is 5.26 Å². The first-order chi connectivity index (χ1) is 7.54. The molecule has 1 amide bonds. The molecule has 1 aromatic carbocycles. The van der Waals surface area contributed by atoms with Gasteiger partial charge in [-0.25, -0.2) is 0 Å². The molecule has 0 aliphatic heterocycles. The van der Waals surface area contributed by atoms with Crippen LogP contribution in [0.5, 0.6) is 0 Å². The number of anilines is 1. The Morgan fingerprint density at radius 2 is 2.19 bits per heavy atom. The Morgan fingerprint density at radius 3 is 2.69 bits per heavy atom. The number of carboxylic acids is 1. The molecule has 0 aliphatic carbocycles. The molecular weight excluding hydrogens is 275 g/mol. The van der Waals surface area contributed by atoms with Crippen LogP contribution in [0.1, 0.15) is 17.3 Å². The van der Waals surface area contributed by atoms with E-state index >= 15 is 0 Å². The van der Waals surface area contributed by atoms with Crippen molar-refractivity contribution >= 4 is 37.0 Å². The number of amides is 1. The van der Waals surface area contributed by atoms with Crippen LogP contribution in [0.15, 0.2) is 18.2 Å². The molecule has 0 aromatic heterocycles. The molecule has 1 rings (SSSR count). The van der Waals surface area contributed by atoms with Crippen LogP contribution in [0.4, 0.5) is 5.69 Å². The van der Waals surface area contributed by atoms with Crippen LogP contribution in [0.3, 0.4) is 0 Å². The molecule has 16 heavy (non-hydrogen) atoms. The van der Waals surface area contributed by atoms with Crippen LogP contribution >= 0.6 is 0 Å². The Balaban J connectivity index is 3.15. The van der Waals surface area contributed by atoms with Crippen LogP contribution in [-0.4, -0.2) is 31.9 Å². The van der Waals surface area contributed by atoms with Gasteiger partial charge in [0.25, 0.3) is 0 Å². The van der Waals surface area contributed by atoms with E-state index in [1.165, 1.54) is 19.1 Å². The predicted molar refractivity (Wildman–Crippen MR) is 58.7 cm³/mol. The molecule has 6 heteroatoms. The van der Waals surface area contributed by atoms with E-state index < -0.39 is 20.9 Å². The second kappa shape index (κ2) is 5.31. The Kier molecular flexibility index (Phi) is 4.06. The van der Waals surface area contributed by atoms with Crippen LogP contribution in [0.25, 0.3) is 0 Å². The summed E-state index contributed by atoms with van der Waals surface area (Å²) in [5, 5.41) is 19.9. The van der Waals surface area contributed by atoms with Crippen LogP contribution in [0.2, 0.25) is 0 Å². The third-order valence-corrected chi connectivity index (χ3v) is 2.91. The standard InChI is InChI=1S/C10H8N2O3Se/c1-6(13)12-9-3-2-7(16-5-11)4-8(9)10(14)15/h2-4H,1H3,(H,12,13)(H,14,15). The van der Waals surface area contributed by atoms with Crippen molar-refractivity contribution in [3.63, 3.8) is 0 Å². The second-order valence-electron chi connectivity index (χ2n) is 2.89. The molecule has 0 fully saturated rings. The number of benzene rings is 1. The number of hydrogen-bond donors (Lipinski definition) is 2. The van der Waals surface area contributed by atoms with E-state index in [-0.39, 0.29) is 17.2 Å². The fourth-order valence-corrected chi connectivity index (χ4v) is 1.99. The topological polar surface area (TPSA) is 90.2 Å². The number of hydrogen-bond acceptors (Lipinski definition) is 3. The van der Waals surface area contributed by atoms with Gasteiger partial charge < -0.3 is 0 Å². The fraction of sp³-hybridized carbons (Fsp3) is 0.100. The molecule has 0 aliphatic rings. The molecule has 0 saturated heterocycles. The molecule has 0 heterocycles. The van der Waals surface area contributed by atoms with Crippen molar-refractivity contribution in [2.24, 2.45) is 0 Å². The fourth-order valence-electron chi connectivity index (χ4n) is 1.12. The quantitative estimate of drug-likeness (QED) is 0.773. The van der Waals surface area contributed by atoms with Crippen LogP contribution in [0, 0.1) is 10.2 Å². The van der Waals surface area contributed by atoms with Crippen molar-refractivity contribution < 1.29 is 14.7 Å². The number of rotatable bonds is 3. The van der Waals surface area contributed by atoms with Gasteiger partial charge in [-0.3, -0.25) is 0 Å². The zero-order valence-corrected chi connectivity index (χ0v) is 10.1.